The summed E-state index contributed by atoms with van der Waals surface area (Å²) in [4.78, 5) is 11.7. The van der Waals surface area contributed by atoms with Gasteiger partial charge in [0.2, 0.25) is 5.91 Å². The first-order valence-corrected chi connectivity index (χ1v) is 7.11. The third kappa shape index (κ3) is 7.76. The Morgan fingerprint density at radius 2 is 2.00 bits per heavy atom. The third-order valence-electron chi connectivity index (χ3n) is 3.19. The molecule has 1 amide bonds. The average Bonchev–Trinajstić information content (AvgIpc) is 2.52. The van der Waals surface area contributed by atoms with Crippen LogP contribution in [0.2, 0.25) is 0 Å². The average molecular weight is 369 g/mol. The summed E-state index contributed by atoms with van der Waals surface area (Å²) in [7, 11) is 2.87. The molecule has 0 fully saturated rings. The summed E-state index contributed by atoms with van der Waals surface area (Å²) in [6, 6.07) is 4.74. The highest BCUT2D eigenvalue weighted by Crippen LogP contribution is 2.29. The molecule has 0 bridgehead atoms. The van der Waals surface area contributed by atoms with Gasteiger partial charge in [0.05, 0.1) is 19.6 Å². The van der Waals surface area contributed by atoms with Gasteiger partial charge in [-0.25, -0.2) is 0 Å². The highest BCUT2D eigenvalue weighted by atomic mass is 35.5. The Balaban J connectivity index is 0.00000529. The van der Waals surface area contributed by atoms with Gasteiger partial charge in [0.25, 0.3) is 0 Å². The normalized spacial score (nSPS) is 11.6. The number of ether oxygens (including phenoxy) is 3. The zero-order valence-electron chi connectivity index (χ0n) is 13.6. The molecule has 24 heavy (non-hydrogen) atoms. The number of nitrogens with one attached hydrogen (secondary N) is 1. The molecule has 0 aliphatic rings. The van der Waals surface area contributed by atoms with Gasteiger partial charge < -0.3 is 25.3 Å². The minimum absolute atomic E-state index is 0. The Bertz CT molecular complexity index is 502. The summed E-state index contributed by atoms with van der Waals surface area (Å²) in [5.74, 6) is 0.0118. The topological polar surface area (TPSA) is 82.8 Å². The highest BCUT2D eigenvalue weighted by molar-refractivity contribution is 5.85. The summed E-state index contributed by atoms with van der Waals surface area (Å²) in [6.45, 7) is -2.31. The fraction of sp³-hybridized carbons (Fsp3) is 0.533. The Morgan fingerprint density at radius 3 is 2.54 bits per heavy atom. The lowest BCUT2D eigenvalue weighted by Gasteiger charge is -2.13. The number of nitrogens with two attached hydrogens (primary N) is 1. The molecule has 9 heteroatoms. The summed E-state index contributed by atoms with van der Waals surface area (Å²) in [6.07, 6.45) is 0.326. The molecule has 1 aromatic rings. The molecule has 0 aliphatic heterocycles. The molecule has 0 aromatic heterocycles. The van der Waals surface area contributed by atoms with Crippen molar-refractivity contribution in [3.63, 3.8) is 0 Å². The van der Waals surface area contributed by atoms with E-state index in [1.165, 1.54) is 20.3 Å². The van der Waals surface area contributed by atoms with Crippen LogP contribution in [-0.4, -0.2) is 45.9 Å². The number of halogens is 3. The molecule has 1 rings (SSSR count). The van der Waals surface area contributed by atoms with Crippen LogP contribution in [0, 0.1) is 0 Å². The summed E-state index contributed by atoms with van der Waals surface area (Å²) >= 11 is 0. The van der Waals surface area contributed by atoms with Crippen molar-refractivity contribution in [1.29, 1.82) is 0 Å². The van der Waals surface area contributed by atoms with Crippen molar-refractivity contribution in [3.05, 3.63) is 23.8 Å². The largest absolute Gasteiger partial charge is 0.493 e. The number of methoxy groups -OCH3 is 2. The van der Waals surface area contributed by atoms with E-state index in [0.29, 0.717) is 13.0 Å². The third-order valence-corrected chi connectivity index (χ3v) is 3.19. The Labute approximate surface area is 146 Å². The quantitative estimate of drug-likeness (QED) is 0.657. The first kappa shape index (κ1) is 22.4. The van der Waals surface area contributed by atoms with Gasteiger partial charge in [-0.2, -0.15) is 8.78 Å². The molecule has 1 aromatic carbocycles. The Morgan fingerprint density at radius 1 is 1.29 bits per heavy atom. The summed E-state index contributed by atoms with van der Waals surface area (Å²) in [5, 5.41) is 2.72. The van der Waals surface area contributed by atoms with E-state index in [2.05, 4.69) is 10.1 Å². The zero-order chi connectivity index (χ0) is 17.2. The van der Waals surface area contributed by atoms with Crippen LogP contribution in [0.5, 0.6) is 11.5 Å². The number of carbonyl (C=O) groups is 1. The minimum Gasteiger partial charge on any atom is -0.493 e. The van der Waals surface area contributed by atoms with Gasteiger partial charge in [-0.3, -0.25) is 4.79 Å². The second-order valence-electron chi connectivity index (χ2n) is 4.76. The van der Waals surface area contributed by atoms with Gasteiger partial charge in [0.15, 0.2) is 11.5 Å². The van der Waals surface area contributed by atoms with E-state index in [1.54, 1.807) is 12.1 Å². The Kier molecular flexibility index (Phi) is 11.0. The van der Waals surface area contributed by atoms with Crippen LogP contribution in [-0.2, 0) is 16.0 Å². The second kappa shape index (κ2) is 11.8. The standard InChI is InChI=1S/C15H22F2N2O4.ClH/c1-21-11(9-18)8-14(20)19-6-5-10-3-4-12(22-2)13(7-10)23-15(16)17;/h3-4,7,11,15H,5-6,8-9,18H2,1-2H3,(H,19,20);1H. The zero-order valence-corrected chi connectivity index (χ0v) is 14.4. The fourth-order valence-corrected chi connectivity index (χ4v) is 1.95. The van der Waals surface area contributed by atoms with Crippen LogP contribution < -0.4 is 20.5 Å². The highest BCUT2D eigenvalue weighted by Gasteiger charge is 2.13. The molecule has 0 aliphatic carbocycles. The second-order valence-corrected chi connectivity index (χ2v) is 4.76. The van der Waals surface area contributed by atoms with Crippen molar-refractivity contribution in [2.24, 2.45) is 5.73 Å². The maximum Gasteiger partial charge on any atom is 0.387 e. The maximum atomic E-state index is 12.4. The first-order chi connectivity index (χ1) is 11.0. The van der Waals surface area contributed by atoms with Crippen LogP contribution in [0.15, 0.2) is 18.2 Å². The van der Waals surface area contributed by atoms with Crippen molar-refractivity contribution >= 4 is 18.3 Å². The van der Waals surface area contributed by atoms with Crippen molar-refractivity contribution in [3.8, 4) is 11.5 Å². The van der Waals surface area contributed by atoms with E-state index in [9.17, 15) is 13.6 Å². The molecule has 0 heterocycles. The fourth-order valence-electron chi connectivity index (χ4n) is 1.95. The van der Waals surface area contributed by atoms with Gasteiger partial charge in [0, 0.05) is 20.2 Å². The number of benzene rings is 1. The van der Waals surface area contributed by atoms with E-state index < -0.39 is 6.61 Å². The molecule has 1 unspecified atom stereocenters. The number of hydrogen-bond acceptors (Lipinski definition) is 5. The number of hydrogen-bond donors (Lipinski definition) is 2. The van der Waals surface area contributed by atoms with Gasteiger partial charge in [-0.15, -0.1) is 12.4 Å². The van der Waals surface area contributed by atoms with Crippen LogP contribution in [0.3, 0.4) is 0 Å². The van der Waals surface area contributed by atoms with E-state index in [1.807, 2.05) is 0 Å². The number of carbonyl (C=O) groups excluding carboxylic acids is 1. The molecule has 138 valence electrons. The van der Waals surface area contributed by atoms with E-state index >= 15 is 0 Å². The monoisotopic (exact) mass is 368 g/mol. The lowest BCUT2D eigenvalue weighted by molar-refractivity contribution is -0.123. The van der Waals surface area contributed by atoms with E-state index in [-0.39, 0.29) is 48.9 Å². The van der Waals surface area contributed by atoms with E-state index in [4.69, 9.17) is 15.2 Å². The lowest BCUT2D eigenvalue weighted by atomic mass is 10.1. The first-order valence-electron chi connectivity index (χ1n) is 7.11. The van der Waals surface area contributed by atoms with E-state index in [0.717, 1.165) is 5.56 Å². The van der Waals surface area contributed by atoms with Crippen LogP contribution in [0.1, 0.15) is 12.0 Å². The number of alkyl halides is 2. The van der Waals surface area contributed by atoms with Crippen molar-refractivity contribution in [2.75, 3.05) is 27.3 Å². The summed E-state index contributed by atoms with van der Waals surface area (Å²) < 4.78 is 39.1. The lowest BCUT2D eigenvalue weighted by Crippen LogP contribution is -2.33. The molecule has 1 atom stereocenters. The van der Waals surface area contributed by atoms with Crippen molar-refractivity contribution in [1.82, 2.24) is 5.32 Å². The maximum absolute atomic E-state index is 12.4. The summed E-state index contributed by atoms with van der Waals surface area (Å²) in [5.41, 5.74) is 6.18. The van der Waals surface area contributed by atoms with Crippen LogP contribution >= 0.6 is 12.4 Å². The van der Waals surface area contributed by atoms with Crippen LogP contribution in [0.4, 0.5) is 8.78 Å². The number of rotatable bonds is 10. The molecule has 0 radical (unpaired) electrons. The molecule has 3 N–H and O–H groups in total. The van der Waals surface area contributed by atoms with Gasteiger partial charge >= 0.3 is 6.61 Å². The van der Waals surface area contributed by atoms with Crippen LogP contribution in [0.25, 0.3) is 0 Å². The SMILES string of the molecule is COc1ccc(CCNC(=O)CC(CN)OC)cc1OC(F)F.Cl. The van der Waals surface area contributed by atoms with Gasteiger partial charge in [-0.1, -0.05) is 6.07 Å². The minimum atomic E-state index is -2.93. The van der Waals surface area contributed by atoms with Gasteiger partial charge in [-0.05, 0) is 24.1 Å². The smallest absolute Gasteiger partial charge is 0.387 e. The molecule has 0 saturated carbocycles. The Hall–Kier alpha value is -1.64. The van der Waals surface area contributed by atoms with Crippen molar-refractivity contribution in [2.45, 2.75) is 25.6 Å². The molecular weight excluding hydrogens is 346 g/mol. The molecular formula is C15H23ClF2N2O4. The molecule has 0 spiro atoms. The molecule has 0 saturated heterocycles. The predicted octanol–water partition coefficient (Wildman–Crippen LogP) is 1.74. The van der Waals surface area contributed by atoms with Gasteiger partial charge in [0.1, 0.15) is 0 Å². The number of amides is 1. The molecule has 6 nitrogen and oxygen atoms in total. The van der Waals surface area contributed by atoms with Crippen molar-refractivity contribution < 1.29 is 27.8 Å². The predicted molar refractivity (Wildman–Crippen MR) is 88.1 cm³/mol.